The van der Waals surface area contributed by atoms with Crippen LogP contribution in [0.1, 0.15) is 45.7 Å². The van der Waals surface area contributed by atoms with Gasteiger partial charge in [-0.05, 0) is 38.9 Å². The van der Waals surface area contributed by atoms with E-state index in [4.69, 9.17) is 9.47 Å². The van der Waals surface area contributed by atoms with E-state index in [0.717, 1.165) is 16.6 Å². The zero-order valence-corrected chi connectivity index (χ0v) is 14.7. The van der Waals surface area contributed by atoms with Crippen LogP contribution in [0.3, 0.4) is 0 Å². The van der Waals surface area contributed by atoms with E-state index in [1.807, 2.05) is 25.1 Å². The second-order valence-electron chi connectivity index (χ2n) is 4.73. The summed E-state index contributed by atoms with van der Waals surface area (Å²) in [6.45, 7) is 9.06. The molecule has 0 bridgehead atoms. The number of carbonyl (C=O) groups is 1. The molecule has 0 amide bonds. The zero-order chi connectivity index (χ0) is 15.8. The first-order chi connectivity index (χ1) is 10.0. The normalized spacial score (nSPS) is 13.6. The number of benzene rings is 1. The molecule has 1 N–H and O–H groups in total. The highest BCUT2D eigenvalue weighted by atomic mass is 79.9. The lowest BCUT2D eigenvalue weighted by atomic mass is 10.1. The van der Waals surface area contributed by atoms with Gasteiger partial charge in [0, 0.05) is 16.1 Å². The van der Waals surface area contributed by atoms with E-state index >= 15 is 0 Å². The van der Waals surface area contributed by atoms with Gasteiger partial charge in [0.2, 0.25) is 0 Å². The molecule has 0 aliphatic carbocycles. The highest BCUT2D eigenvalue weighted by molar-refractivity contribution is 9.10. The molecular formula is C16H24BrNO3. The maximum Gasteiger partial charge on any atom is 0.347 e. The number of rotatable bonds is 8. The van der Waals surface area contributed by atoms with Crippen LogP contribution in [0, 0.1) is 0 Å². The minimum absolute atomic E-state index is 0.151. The molecular weight excluding hydrogens is 334 g/mol. The molecule has 1 aromatic carbocycles. The van der Waals surface area contributed by atoms with Crippen LogP contribution in [0.4, 0.5) is 0 Å². The van der Waals surface area contributed by atoms with Gasteiger partial charge in [-0.15, -0.1) is 0 Å². The third-order valence-electron chi connectivity index (χ3n) is 3.14. The molecule has 0 aliphatic heterocycles. The van der Waals surface area contributed by atoms with E-state index in [2.05, 4.69) is 35.1 Å². The van der Waals surface area contributed by atoms with Gasteiger partial charge < -0.3 is 14.8 Å². The number of carbonyl (C=O) groups excluding carboxylic acids is 1. The second-order valence-corrected chi connectivity index (χ2v) is 5.64. The topological polar surface area (TPSA) is 47.6 Å². The largest absolute Gasteiger partial charge is 0.478 e. The number of hydrogen-bond acceptors (Lipinski definition) is 4. The summed E-state index contributed by atoms with van der Waals surface area (Å²) in [6.07, 6.45) is -0.00720. The molecule has 5 heteroatoms. The number of ether oxygens (including phenoxy) is 2. The van der Waals surface area contributed by atoms with E-state index in [-0.39, 0.29) is 12.0 Å². The molecule has 2 unspecified atom stereocenters. The average Bonchev–Trinajstić information content (AvgIpc) is 2.45. The maximum absolute atomic E-state index is 11.9. The minimum Gasteiger partial charge on any atom is -0.478 e. The van der Waals surface area contributed by atoms with Gasteiger partial charge in [-0.25, -0.2) is 4.79 Å². The van der Waals surface area contributed by atoms with Crippen LogP contribution in [-0.4, -0.2) is 25.2 Å². The lowest BCUT2D eigenvalue weighted by Gasteiger charge is -2.21. The Kier molecular flexibility index (Phi) is 7.75. The molecule has 1 aromatic rings. The summed E-state index contributed by atoms with van der Waals surface area (Å²) in [5, 5.41) is 3.36. The minimum atomic E-state index is -0.577. The Labute approximate surface area is 135 Å². The van der Waals surface area contributed by atoms with Crippen molar-refractivity contribution >= 4 is 21.9 Å². The third-order valence-corrected chi connectivity index (χ3v) is 3.64. The number of halogens is 1. The summed E-state index contributed by atoms with van der Waals surface area (Å²) >= 11 is 3.45. The first-order valence-corrected chi connectivity index (χ1v) is 8.18. The fraction of sp³-hybridized carbons (Fsp3) is 0.562. The standard InChI is InChI=1S/C16H24BrNO3/c1-5-14(16(19)20-7-3)21-15-10-12(17)8-9-13(15)11(4)18-6-2/h8-11,14,18H,5-7H2,1-4H3. The van der Waals surface area contributed by atoms with Crippen molar-refractivity contribution in [3.8, 4) is 5.75 Å². The molecule has 0 aliphatic rings. The predicted octanol–water partition coefficient (Wildman–Crippen LogP) is 3.84. The van der Waals surface area contributed by atoms with Crippen molar-refractivity contribution in [2.75, 3.05) is 13.2 Å². The monoisotopic (exact) mass is 357 g/mol. The lowest BCUT2D eigenvalue weighted by Crippen LogP contribution is -2.29. The van der Waals surface area contributed by atoms with Gasteiger partial charge in [0.05, 0.1) is 6.61 Å². The Bertz CT molecular complexity index is 465. The predicted molar refractivity (Wildman–Crippen MR) is 87.6 cm³/mol. The van der Waals surface area contributed by atoms with Gasteiger partial charge in [-0.3, -0.25) is 0 Å². The molecule has 4 nitrogen and oxygen atoms in total. The summed E-state index contributed by atoms with van der Waals surface area (Å²) < 4.78 is 11.9. The summed E-state index contributed by atoms with van der Waals surface area (Å²) in [5.74, 6) is 0.389. The van der Waals surface area contributed by atoms with Crippen LogP contribution >= 0.6 is 15.9 Å². The molecule has 0 fully saturated rings. The van der Waals surface area contributed by atoms with Gasteiger partial charge in [0.25, 0.3) is 0 Å². The van der Waals surface area contributed by atoms with Gasteiger partial charge >= 0.3 is 5.97 Å². The Morgan fingerprint density at radius 3 is 2.62 bits per heavy atom. The van der Waals surface area contributed by atoms with Crippen LogP contribution in [0.15, 0.2) is 22.7 Å². The SMILES string of the molecule is CCNC(C)c1ccc(Br)cc1OC(CC)C(=O)OCC. The highest BCUT2D eigenvalue weighted by Gasteiger charge is 2.22. The molecule has 0 spiro atoms. The summed E-state index contributed by atoms with van der Waals surface area (Å²) in [7, 11) is 0. The van der Waals surface area contributed by atoms with Crippen molar-refractivity contribution in [2.45, 2.75) is 46.3 Å². The number of esters is 1. The smallest absolute Gasteiger partial charge is 0.347 e. The molecule has 0 radical (unpaired) electrons. The lowest BCUT2D eigenvalue weighted by molar-refractivity contribution is -0.151. The van der Waals surface area contributed by atoms with Crippen molar-refractivity contribution in [2.24, 2.45) is 0 Å². The van der Waals surface area contributed by atoms with Gasteiger partial charge in [0.15, 0.2) is 6.10 Å². The third kappa shape index (κ3) is 5.32. The molecule has 0 saturated carbocycles. The maximum atomic E-state index is 11.9. The molecule has 0 aromatic heterocycles. The first kappa shape index (κ1) is 18.0. The van der Waals surface area contributed by atoms with Crippen LogP contribution in [0.5, 0.6) is 5.75 Å². The molecule has 0 heterocycles. The van der Waals surface area contributed by atoms with Crippen LogP contribution < -0.4 is 10.1 Å². The second kappa shape index (κ2) is 9.05. The van der Waals surface area contributed by atoms with E-state index < -0.39 is 6.10 Å². The van der Waals surface area contributed by atoms with Gasteiger partial charge in [0.1, 0.15) is 5.75 Å². The summed E-state index contributed by atoms with van der Waals surface area (Å²) in [4.78, 5) is 11.9. The van der Waals surface area contributed by atoms with Crippen LogP contribution in [0.25, 0.3) is 0 Å². The summed E-state index contributed by atoms with van der Waals surface area (Å²) in [5.41, 5.74) is 1.03. The molecule has 1 rings (SSSR count). The Morgan fingerprint density at radius 2 is 2.05 bits per heavy atom. The molecule has 118 valence electrons. The highest BCUT2D eigenvalue weighted by Crippen LogP contribution is 2.30. The van der Waals surface area contributed by atoms with Crippen molar-refractivity contribution in [3.63, 3.8) is 0 Å². The van der Waals surface area contributed by atoms with Gasteiger partial charge in [-0.2, -0.15) is 0 Å². The van der Waals surface area contributed by atoms with E-state index in [0.29, 0.717) is 18.8 Å². The first-order valence-electron chi connectivity index (χ1n) is 7.39. The molecule has 2 atom stereocenters. The Balaban J connectivity index is 2.98. The Morgan fingerprint density at radius 1 is 1.33 bits per heavy atom. The zero-order valence-electron chi connectivity index (χ0n) is 13.1. The van der Waals surface area contributed by atoms with Crippen molar-refractivity contribution < 1.29 is 14.3 Å². The van der Waals surface area contributed by atoms with Crippen LogP contribution in [-0.2, 0) is 9.53 Å². The molecule has 21 heavy (non-hydrogen) atoms. The summed E-state index contributed by atoms with van der Waals surface area (Å²) in [6, 6.07) is 6.02. The van der Waals surface area contributed by atoms with E-state index in [1.165, 1.54) is 0 Å². The van der Waals surface area contributed by atoms with Crippen molar-refractivity contribution in [3.05, 3.63) is 28.2 Å². The van der Waals surface area contributed by atoms with E-state index in [1.54, 1.807) is 6.92 Å². The molecule has 0 saturated heterocycles. The fourth-order valence-corrected chi connectivity index (χ4v) is 2.41. The number of hydrogen-bond donors (Lipinski definition) is 1. The quantitative estimate of drug-likeness (QED) is 0.718. The van der Waals surface area contributed by atoms with Gasteiger partial charge in [-0.1, -0.05) is 35.8 Å². The number of nitrogens with one attached hydrogen (secondary N) is 1. The van der Waals surface area contributed by atoms with E-state index in [9.17, 15) is 4.79 Å². The van der Waals surface area contributed by atoms with Crippen molar-refractivity contribution in [1.29, 1.82) is 0 Å². The Hall–Kier alpha value is -1.07. The fourth-order valence-electron chi connectivity index (χ4n) is 2.07. The van der Waals surface area contributed by atoms with Crippen molar-refractivity contribution in [1.82, 2.24) is 5.32 Å². The average molecular weight is 358 g/mol. The van der Waals surface area contributed by atoms with Crippen LogP contribution in [0.2, 0.25) is 0 Å².